The molecule has 0 radical (unpaired) electrons. The molecular formula is HMgO4Si-. The van der Waals surface area contributed by atoms with Crippen LogP contribution in [0.2, 0.25) is 0 Å². The molecule has 0 aliphatic heterocycles. The Hall–Kier alpha value is 0.343. The van der Waals surface area contributed by atoms with Crippen LogP contribution in [0.5, 0.6) is 0 Å². The SMILES string of the molecule is O=[Si]([O-])[O-].[Mg+2].[OH-]. The molecule has 0 aliphatic rings. The number of hydrogen-bond donors (Lipinski definition) is 0. The van der Waals surface area contributed by atoms with Crippen molar-refractivity contribution in [3.8, 4) is 0 Å². The van der Waals surface area contributed by atoms with Gasteiger partial charge in [0.05, 0.1) is 0 Å². The summed E-state index contributed by atoms with van der Waals surface area (Å²) in [4.78, 5) is 17.0. The molecule has 0 rings (SSSR count). The molecule has 0 aromatic rings. The van der Waals surface area contributed by atoms with Crippen molar-refractivity contribution in [1.29, 1.82) is 0 Å². The summed E-state index contributed by atoms with van der Waals surface area (Å²) in [5.41, 5.74) is 0. The van der Waals surface area contributed by atoms with Crippen molar-refractivity contribution in [3.63, 3.8) is 0 Å². The number of rotatable bonds is 0. The van der Waals surface area contributed by atoms with Gasteiger partial charge < -0.3 is 19.5 Å². The van der Waals surface area contributed by atoms with Gasteiger partial charge in [-0.15, -0.1) is 0 Å². The van der Waals surface area contributed by atoms with E-state index in [4.69, 9.17) is 14.1 Å². The molecule has 0 amide bonds. The van der Waals surface area contributed by atoms with Gasteiger partial charge in [0.2, 0.25) is 0 Å². The van der Waals surface area contributed by atoms with Crippen LogP contribution in [0.15, 0.2) is 0 Å². The molecule has 0 atom stereocenters. The van der Waals surface area contributed by atoms with E-state index < -0.39 is 9.17 Å². The van der Waals surface area contributed by atoms with Crippen LogP contribution in [-0.2, 0) is 4.46 Å². The standard InChI is InChI=1S/Mg.O3Si.H2O/c;1-4(2)3;/h;;1H2/q+2;-2;/p-1. The van der Waals surface area contributed by atoms with E-state index >= 15 is 0 Å². The van der Waals surface area contributed by atoms with Gasteiger partial charge in [-0.25, -0.2) is 0 Å². The maximum atomic E-state index is 8.52. The molecule has 0 aliphatic carbocycles. The zero-order valence-corrected chi connectivity index (χ0v) is 5.29. The molecule has 0 saturated heterocycles. The molecule has 6 heavy (non-hydrogen) atoms. The van der Waals surface area contributed by atoms with E-state index in [1.807, 2.05) is 0 Å². The first-order valence-electron chi connectivity index (χ1n) is 0.612. The second-order valence-electron chi connectivity index (χ2n) is 0.250. The molecule has 1 N–H and O–H groups in total. The molecule has 0 aromatic carbocycles. The van der Waals surface area contributed by atoms with Crippen LogP contribution >= 0.6 is 0 Å². The minimum Gasteiger partial charge on any atom is -0.870 e. The van der Waals surface area contributed by atoms with Gasteiger partial charge in [-0.05, 0) is 0 Å². The molecule has 0 bridgehead atoms. The Balaban J connectivity index is -0.0000000450. The molecule has 0 aromatic heterocycles. The molecule has 0 fully saturated rings. The summed E-state index contributed by atoms with van der Waals surface area (Å²) in [6, 6.07) is 0. The van der Waals surface area contributed by atoms with E-state index in [-0.39, 0.29) is 28.5 Å². The van der Waals surface area contributed by atoms with Gasteiger partial charge in [-0.1, -0.05) is 0 Å². The normalized spacial score (nSPS) is 4.00. The van der Waals surface area contributed by atoms with Crippen molar-refractivity contribution in [1.82, 2.24) is 0 Å². The molecule has 4 nitrogen and oxygen atoms in total. The van der Waals surface area contributed by atoms with Gasteiger partial charge in [-0.2, -0.15) is 0 Å². The Kier molecular flexibility index (Phi) is 24.4. The van der Waals surface area contributed by atoms with Crippen LogP contribution in [0, 0.1) is 0 Å². The monoisotopic (exact) mass is 117 g/mol. The summed E-state index contributed by atoms with van der Waals surface area (Å²) in [7, 11) is -3.63. The fraction of sp³-hybridized carbons (Fsp3) is 0. The van der Waals surface area contributed by atoms with Crippen LogP contribution in [0.3, 0.4) is 0 Å². The molecule has 0 unspecified atom stereocenters. The summed E-state index contributed by atoms with van der Waals surface area (Å²) in [5.74, 6) is 0. The van der Waals surface area contributed by atoms with Gasteiger partial charge in [0.15, 0.2) is 0 Å². The summed E-state index contributed by atoms with van der Waals surface area (Å²) in [5, 5.41) is 0. The predicted octanol–water partition coefficient (Wildman–Crippen LogP) is -3.44. The zero-order valence-electron chi connectivity index (χ0n) is 2.88. The van der Waals surface area contributed by atoms with Crippen molar-refractivity contribution in [2.75, 3.05) is 0 Å². The average molecular weight is 117 g/mol. The van der Waals surface area contributed by atoms with E-state index in [9.17, 15) is 0 Å². The van der Waals surface area contributed by atoms with Crippen LogP contribution in [0.25, 0.3) is 0 Å². The fourth-order valence-electron chi connectivity index (χ4n) is 0. The van der Waals surface area contributed by atoms with Crippen LogP contribution in [0.1, 0.15) is 0 Å². The third kappa shape index (κ3) is 412. The fourth-order valence-corrected chi connectivity index (χ4v) is 0. The van der Waals surface area contributed by atoms with E-state index in [1.54, 1.807) is 0 Å². The molecule has 0 saturated carbocycles. The largest absolute Gasteiger partial charge is 2.00 e. The molecule has 0 spiro atoms. The summed E-state index contributed by atoms with van der Waals surface area (Å²) < 4.78 is 8.52. The first kappa shape index (κ1) is 16.2. The van der Waals surface area contributed by atoms with Gasteiger partial charge >= 0.3 is 23.1 Å². The topological polar surface area (TPSA) is 93.2 Å². The average Bonchev–Trinajstić information content (AvgIpc) is 0.811. The van der Waals surface area contributed by atoms with Crippen molar-refractivity contribution in [2.24, 2.45) is 0 Å². The maximum absolute atomic E-state index is 8.52. The van der Waals surface area contributed by atoms with E-state index in [0.717, 1.165) is 0 Å². The van der Waals surface area contributed by atoms with Gasteiger partial charge in [0.1, 0.15) is 0 Å². The van der Waals surface area contributed by atoms with Crippen LogP contribution in [-0.4, -0.2) is 37.7 Å². The van der Waals surface area contributed by atoms with Crippen LogP contribution < -0.4 is 9.59 Å². The minimum absolute atomic E-state index is 0. The first-order chi connectivity index (χ1) is 1.73. The van der Waals surface area contributed by atoms with Crippen molar-refractivity contribution < 1.29 is 19.5 Å². The molecule has 6 heteroatoms. The third-order valence-corrected chi connectivity index (χ3v) is 0. The Morgan fingerprint density at radius 2 is 1.33 bits per heavy atom. The summed E-state index contributed by atoms with van der Waals surface area (Å²) >= 11 is 0. The van der Waals surface area contributed by atoms with Crippen molar-refractivity contribution >= 4 is 32.2 Å². The summed E-state index contributed by atoms with van der Waals surface area (Å²) in [6.45, 7) is 0. The van der Waals surface area contributed by atoms with E-state index in [1.165, 1.54) is 0 Å². The Morgan fingerprint density at radius 1 is 1.33 bits per heavy atom. The predicted molar refractivity (Wildman–Crippen MR) is 14.1 cm³/mol. The van der Waals surface area contributed by atoms with E-state index in [0.29, 0.717) is 0 Å². The Bertz CT molecular complexity index is 30.5. The quantitative estimate of drug-likeness (QED) is 0.309. The maximum Gasteiger partial charge on any atom is 2.00 e. The smallest absolute Gasteiger partial charge is 0.870 e. The van der Waals surface area contributed by atoms with Crippen molar-refractivity contribution in [3.05, 3.63) is 0 Å². The second-order valence-corrected chi connectivity index (χ2v) is 0.750. The van der Waals surface area contributed by atoms with Crippen LogP contribution in [0.4, 0.5) is 0 Å². The zero-order chi connectivity index (χ0) is 3.58. The molecular weight excluding hydrogens is 116 g/mol. The number of hydrogen-bond acceptors (Lipinski definition) is 4. The third-order valence-electron chi connectivity index (χ3n) is 0. The van der Waals surface area contributed by atoms with Gasteiger partial charge in [-0.3, -0.25) is 0 Å². The van der Waals surface area contributed by atoms with Crippen molar-refractivity contribution in [2.45, 2.75) is 0 Å². The Morgan fingerprint density at radius 3 is 1.33 bits per heavy atom. The van der Waals surface area contributed by atoms with E-state index in [2.05, 4.69) is 0 Å². The van der Waals surface area contributed by atoms with Gasteiger partial charge in [0, 0.05) is 9.17 Å². The van der Waals surface area contributed by atoms with Gasteiger partial charge in [0.25, 0.3) is 0 Å². The molecule has 32 valence electrons. The second kappa shape index (κ2) is 9.02. The minimum atomic E-state index is -3.63. The molecule has 0 heterocycles. The summed E-state index contributed by atoms with van der Waals surface area (Å²) in [6.07, 6.45) is 0. The first-order valence-corrected chi connectivity index (χ1v) is 1.84. The Labute approximate surface area is 52.2 Å².